The zero-order valence-corrected chi connectivity index (χ0v) is 20.3. The summed E-state index contributed by atoms with van der Waals surface area (Å²) in [5, 5.41) is 6.13. The smallest absolute Gasteiger partial charge is 0.232 e. The Kier molecular flexibility index (Phi) is 5.41. The lowest BCUT2D eigenvalue weighted by Gasteiger charge is -2.42. The van der Waals surface area contributed by atoms with Gasteiger partial charge in [-0.1, -0.05) is 18.5 Å². The Hall–Kier alpha value is -1.52. The SMILES string of the molecule is COc1cc(OC)c2c(c1Cl)O[C@]1(C2=O)C(=O)C2C(C[C@H]1C)NN(C)C2C1CSC(C)N1. The number of carbonyl (C=O) groups excluding carboxylic acids is 2. The van der Waals surface area contributed by atoms with Crippen LogP contribution in [0.1, 0.15) is 30.6 Å². The van der Waals surface area contributed by atoms with Gasteiger partial charge < -0.3 is 19.5 Å². The Morgan fingerprint density at radius 2 is 1.94 bits per heavy atom. The fraction of sp³-hybridized carbons (Fsp3) is 0.636. The van der Waals surface area contributed by atoms with E-state index >= 15 is 0 Å². The number of thioether (sulfide) groups is 1. The molecular weight excluding hydrogens is 454 g/mol. The number of hydrogen-bond acceptors (Lipinski definition) is 9. The number of methoxy groups -OCH3 is 2. The highest BCUT2D eigenvalue weighted by atomic mass is 35.5. The van der Waals surface area contributed by atoms with E-state index in [9.17, 15) is 9.59 Å². The summed E-state index contributed by atoms with van der Waals surface area (Å²) in [5.74, 6) is 0.423. The zero-order chi connectivity index (χ0) is 22.9. The first-order chi connectivity index (χ1) is 15.2. The summed E-state index contributed by atoms with van der Waals surface area (Å²) in [5.41, 5.74) is 2.08. The second-order valence-electron chi connectivity index (χ2n) is 9.08. The van der Waals surface area contributed by atoms with Crippen molar-refractivity contribution in [3.63, 3.8) is 0 Å². The molecule has 32 heavy (non-hydrogen) atoms. The third kappa shape index (κ3) is 2.88. The van der Waals surface area contributed by atoms with Gasteiger partial charge in [-0.15, -0.1) is 11.8 Å². The fourth-order valence-electron chi connectivity index (χ4n) is 5.93. The third-order valence-electron chi connectivity index (χ3n) is 7.39. The van der Waals surface area contributed by atoms with Crippen LogP contribution in [0.4, 0.5) is 0 Å². The summed E-state index contributed by atoms with van der Waals surface area (Å²) in [6.45, 7) is 4.02. The van der Waals surface area contributed by atoms with Gasteiger partial charge in [0.25, 0.3) is 0 Å². The maximum Gasteiger partial charge on any atom is 0.232 e. The van der Waals surface area contributed by atoms with Crippen LogP contribution in [0.15, 0.2) is 6.07 Å². The molecule has 4 aliphatic rings. The molecule has 1 aromatic carbocycles. The maximum absolute atomic E-state index is 14.2. The number of ketones is 2. The van der Waals surface area contributed by atoms with Crippen LogP contribution in [0.2, 0.25) is 5.02 Å². The first kappa shape index (κ1) is 22.3. The molecule has 1 aromatic rings. The van der Waals surface area contributed by atoms with Crippen molar-refractivity contribution in [1.29, 1.82) is 0 Å². The molecule has 5 rings (SSSR count). The molecule has 0 bridgehead atoms. The zero-order valence-electron chi connectivity index (χ0n) is 18.7. The minimum atomic E-state index is -1.62. The van der Waals surface area contributed by atoms with E-state index in [1.807, 2.05) is 30.7 Å². The van der Waals surface area contributed by atoms with Gasteiger partial charge in [-0.05, 0) is 13.3 Å². The second kappa shape index (κ2) is 7.77. The lowest BCUT2D eigenvalue weighted by atomic mass is 9.64. The Morgan fingerprint density at radius 1 is 1.22 bits per heavy atom. The first-order valence-corrected chi connectivity index (χ1v) is 12.3. The summed E-state index contributed by atoms with van der Waals surface area (Å²) in [6, 6.07) is 1.57. The standard InChI is InChI=1S/C22H28ClN3O5S/c1-9-6-11-15(18(26(3)25-11)12-8-32-10(2)24-12)20(27)22(9)21(28)16-13(29-4)7-14(30-5)17(23)19(16)31-22/h7,9-12,15,18,24-25H,6,8H2,1-5H3/t9-,10?,11?,12?,15?,18?,22+/m1/s1. The molecule has 7 atom stereocenters. The topological polar surface area (TPSA) is 89.1 Å². The van der Waals surface area contributed by atoms with Gasteiger partial charge in [-0.25, -0.2) is 5.01 Å². The van der Waals surface area contributed by atoms with Crippen LogP contribution in [-0.2, 0) is 4.79 Å². The Bertz CT molecular complexity index is 993. The lowest BCUT2D eigenvalue weighted by molar-refractivity contribution is -0.143. The molecule has 174 valence electrons. The summed E-state index contributed by atoms with van der Waals surface area (Å²) in [7, 11) is 4.93. The molecule has 0 radical (unpaired) electrons. The predicted octanol–water partition coefficient (Wildman–Crippen LogP) is 2.13. The van der Waals surface area contributed by atoms with Crippen LogP contribution in [0.25, 0.3) is 0 Å². The van der Waals surface area contributed by atoms with Gasteiger partial charge in [0.05, 0.1) is 31.6 Å². The number of nitrogens with zero attached hydrogens (tertiary/aromatic N) is 1. The van der Waals surface area contributed by atoms with Crippen LogP contribution < -0.4 is 25.0 Å². The molecule has 1 spiro atoms. The van der Waals surface area contributed by atoms with Crippen molar-refractivity contribution in [2.75, 3.05) is 27.0 Å². The van der Waals surface area contributed by atoms with Gasteiger partial charge in [0, 0.05) is 36.9 Å². The van der Waals surface area contributed by atoms with Crippen molar-refractivity contribution in [2.24, 2.45) is 11.8 Å². The summed E-state index contributed by atoms with van der Waals surface area (Å²) in [6.07, 6.45) is 0.628. The Morgan fingerprint density at radius 3 is 2.56 bits per heavy atom. The average Bonchev–Trinajstić information content (AvgIpc) is 3.42. The number of Topliss-reactive ketones (excluding diaryl/α,β-unsaturated/α-hetero) is 2. The number of likely N-dealkylation sites (N-methyl/N-ethyl adjacent to an activating group) is 1. The minimum absolute atomic E-state index is 0.0483. The molecule has 5 unspecified atom stereocenters. The second-order valence-corrected chi connectivity index (χ2v) is 10.8. The molecule has 3 fully saturated rings. The van der Waals surface area contributed by atoms with Crippen LogP contribution in [0.3, 0.4) is 0 Å². The summed E-state index contributed by atoms with van der Waals surface area (Å²) in [4.78, 5) is 28.1. The van der Waals surface area contributed by atoms with Gasteiger partial charge >= 0.3 is 0 Å². The van der Waals surface area contributed by atoms with Crippen molar-refractivity contribution >= 4 is 34.9 Å². The molecule has 1 aliphatic carbocycles. The number of hydrogen-bond donors (Lipinski definition) is 2. The molecule has 10 heteroatoms. The summed E-state index contributed by atoms with van der Waals surface area (Å²) >= 11 is 8.36. The van der Waals surface area contributed by atoms with Crippen LogP contribution in [-0.4, -0.2) is 72.7 Å². The molecule has 0 amide bonds. The molecule has 0 aromatic heterocycles. The van der Waals surface area contributed by atoms with Gasteiger partial charge in [0.2, 0.25) is 11.4 Å². The van der Waals surface area contributed by atoms with Crippen LogP contribution in [0, 0.1) is 11.8 Å². The number of ether oxygens (including phenoxy) is 3. The average molecular weight is 482 g/mol. The highest BCUT2D eigenvalue weighted by Crippen LogP contribution is 2.55. The van der Waals surface area contributed by atoms with Gasteiger partial charge in [-0.3, -0.25) is 15.0 Å². The molecule has 2 saturated heterocycles. The van der Waals surface area contributed by atoms with Crippen LogP contribution >= 0.6 is 23.4 Å². The molecule has 2 N–H and O–H groups in total. The van der Waals surface area contributed by atoms with Crippen molar-refractivity contribution in [3.05, 3.63) is 16.7 Å². The van der Waals surface area contributed by atoms with E-state index in [-0.39, 0.29) is 57.9 Å². The number of rotatable bonds is 3. The van der Waals surface area contributed by atoms with Crippen LogP contribution in [0.5, 0.6) is 17.2 Å². The van der Waals surface area contributed by atoms with Crippen molar-refractivity contribution in [2.45, 2.75) is 49.4 Å². The quantitative estimate of drug-likeness (QED) is 0.630. The van der Waals surface area contributed by atoms with E-state index < -0.39 is 5.60 Å². The fourth-order valence-corrected chi connectivity index (χ4v) is 7.26. The first-order valence-electron chi connectivity index (χ1n) is 10.8. The van der Waals surface area contributed by atoms with Crippen molar-refractivity contribution < 1.29 is 23.8 Å². The molecule has 8 nitrogen and oxygen atoms in total. The predicted molar refractivity (Wildman–Crippen MR) is 122 cm³/mol. The van der Waals surface area contributed by atoms with E-state index in [1.165, 1.54) is 14.2 Å². The number of hydrazine groups is 1. The Balaban J connectivity index is 1.58. The normalized spacial score (nSPS) is 38.7. The third-order valence-corrected chi connectivity index (χ3v) is 8.94. The molecule has 3 aliphatic heterocycles. The number of carbonyl (C=O) groups is 2. The monoisotopic (exact) mass is 481 g/mol. The highest BCUT2D eigenvalue weighted by Gasteiger charge is 2.67. The minimum Gasteiger partial charge on any atom is -0.496 e. The highest BCUT2D eigenvalue weighted by molar-refractivity contribution is 8.00. The number of nitrogens with one attached hydrogen (secondary N) is 2. The molecule has 3 heterocycles. The van der Waals surface area contributed by atoms with E-state index in [4.69, 9.17) is 25.8 Å². The summed E-state index contributed by atoms with van der Waals surface area (Å²) < 4.78 is 17.1. The van der Waals surface area contributed by atoms with E-state index in [0.717, 1.165) is 5.75 Å². The Labute approximate surface area is 196 Å². The number of benzene rings is 1. The van der Waals surface area contributed by atoms with Gasteiger partial charge in [0.1, 0.15) is 22.1 Å². The molecular formula is C22H28ClN3O5S. The van der Waals surface area contributed by atoms with E-state index in [2.05, 4.69) is 17.7 Å². The number of halogens is 1. The lowest BCUT2D eigenvalue weighted by Crippen LogP contribution is -2.64. The molecule has 1 saturated carbocycles. The van der Waals surface area contributed by atoms with E-state index in [1.54, 1.807) is 6.07 Å². The maximum atomic E-state index is 14.2. The van der Waals surface area contributed by atoms with Gasteiger partial charge in [-0.2, -0.15) is 0 Å². The van der Waals surface area contributed by atoms with E-state index in [0.29, 0.717) is 23.3 Å². The van der Waals surface area contributed by atoms with Gasteiger partial charge in [0.15, 0.2) is 11.5 Å². The van der Waals surface area contributed by atoms with Crippen molar-refractivity contribution in [1.82, 2.24) is 15.8 Å². The largest absolute Gasteiger partial charge is 0.496 e. The van der Waals surface area contributed by atoms with Crippen molar-refractivity contribution in [3.8, 4) is 17.2 Å². The number of fused-ring (bicyclic) bond motifs is 2.